The zero-order valence-corrected chi connectivity index (χ0v) is 20.3. The molecule has 3 aromatic carbocycles. The van der Waals surface area contributed by atoms with Crippen LogP contribution in [-0.2, 0) is 4.74 Å². The largest absolute Gasteiger partial charge is 0.454 e. The zero-order valence-electron chi connectivity index (χ0n) is 19.6. The lowest BCUT2D eigenvalue weighted by Gasteiger charge is -2.20. The average molecular weight is 490 g/mol. The lowest BCUT2D eigenvalue weighted by molar-refractivity contribution is 0.0993. The molecule has 0 aliphatic carbocycles. The van der Waals surface area contributed by atoms with Crippen molar-refractivity contribution in [2.75, 3.05) is 25.9 Å². The van der Waals surface area contributed by atoms with E-state index >= 15 is 0 Å². The minimum atomic E-state index is -0.430. The molecule has 0 N–H and O–H groups in total. The molecule has 2 heterocycles. The number of carbonyl (C=O) groups excluding carboxylic acids is 1. The van der Waals surface area contributed by atoms with Crippen LogP contribution in [0.2, 0.25) is 5.02 Å². The summed E-state index contributed by atoms with van der Waals surface area (Å²) in [5.74, 6) is 1.11. The van der Waals surface area contributed by atoms with Gasteiger partial charge >= 0.3 is 0 Å². The highest BCUT2D eigenvalue weighted by Crippen LogP contribution is 2.36. The number of carbonyl (C=O) groups is 1. The van der Waals surface area contributed by atoms with Crippen molar-refractivity contribution in [1.29, 1.82) is 0 Å². The smallest absolute Gasteiger partial charge is 0.258 e. The molecule has 0 saturated carbocycles. The molecular weight excluding hydrogens is 466 g/mol. The standard InChI is InChI=1S/C27H24ClN3O4/c1-17-24(28)25(26(33-3)18-8-5-4-6-9-18)31(29-17)21-11-7-10-19(14-21)27(32)30(2)20-12-13-22-23(15-20)35-16-34-22/h4-15,26H,16H2,1-3H3/t26-/m1/s1. The van der Waals surface area contributed by atoms with Gasteiger partial charge in [-0.2, -0.15) is 5.10 Å². The maximum absolute atomic E-state index is 13.4. The SMILES string of the molecule is CO[C@H](c1ccccc1)c1c(Cl)c(C)nn1-c1cccc(C(=O)N(C)c2ccc3c(c2)OCO3)c1. The van der Waals surface area contributed by atoms with Gasteiger partial charge in [0.1, 0.15) is 6.10 Å². The van der Waals surface area contributed by atoms with Gasteiger partial charge < -0.3 is 19.1 Å². The molecule has 0 bridgehead atoms. The third-order valence-electron chi connectivity index (χ3n) is 5.99. The Morgan fingerprint density at radius 2 is 1.83 bits per heavy atom. The second-order valence-corrected chi connectivity index (χ2v) is 8.55. The number of hydrogen-bond acceptors (Lipinski definition) is 5. The topological polar surface area (TPSA) is 65.8 Å². The third-order valence-corrected chi connectivity index (χ3v) is 6.46. The van der Waals surface area contributed by atoms with Crippen molar-refractivity contribution in [2.45, 2.75) is 13.0 Å². The molecule has 1 amide bonds. The first kappa shape index (κ1) is 23.0. The Morgan fingerprint density at radius 3 is 2.60 bits per heavy atom. The molecule has 1 aliphatic rings. The summed E-state index contributed by atoms with van der Waals surface area (Å²) in [6, 6.07) is 22.5. The van der Waals surface area contributed by atoms with E-state index in [-0.39, 0.29) is 12.7 Å². The van der Waals surface area contributed by atoms with Gasteiger partial charge in [0.05, 0.1) is 22.1 Å². The summed E-state index contributed by atoms with van der Waals surface area (Å²) in [5.41, 5.74) is 4.24. The fourth-order valence-electron chi connectivity index (χ4n) is 4.16. The van der Waals surface area contributed by atoms with E-state index in [1.165, 1.54) is 0 Å². The number of ether oxygens (including phenoxy) is 3. The fourth-order valence-corrected chi connectivity index (χ4v) is 4.37. The molecule has 0 unspecified atom stereocenters. The molecule has 0 radical (unpaired) electrons. The predicted octanol–water partition coefficient (Wildman–Crippen LogP) is 5.58. The number of benzene rings is 3. The van der Waals surface area contributed by atoms with Crippen LogP contribution in [0.25, 0.3) is 5.69 Å². The van der Waals surface area contributed by atoms with Crippen molar-refractivity contribution in [3.05, 3.63) is 100 Å². The highest BCUT2D eigenvalue weighted by atomic mass is 35.5. The summed E-state index contributed by atoms with van der Waals surface area (Å²) in [5, 5.41) is 5.19. The van der Waals surface area contributed by atoms with Crippen LogP contribution in [0.1, 0.15) is 33.4 Å². The summed E-state index contributed by atoms with van der Waals surface area (Å²) in [6.07, 6.45) is -0.430. The van der Waals surface area contributed by atoms with Crippen LogP contribution in [0.3, 0.4) is 0 Å². The van der Waals surface area contributed by atoms with E-state index in [4.69, 9.17) is 25.8 Å². The Kier molecular flexibility index (Phi) is 6.19. The summed E-state index contributed by atoms with van der Waals surface area (Å²) < 4.78 is 18.4. The number of aromatic nitrogens is 2. The Balaban J connectivity index is 1.51. The molecule has 0 saturated heterocycles. The van der Waals surface area contributed by atoms with Gasteiger partial charge in [-0.05, 0) is 42.8 Å². The molecule has 178 valence electrons. The van der Waals surface area contributed by atoms with Crippen molar-refractivity contribution in [3.63, 3.8) is 0 Å². The summed E-state index contributed by atoms with van der Waals surface area (Å²) in [7, 11) is 3.37. The van der Waals surface area contributed by atoms with Gasteiger partial charge in [-0.15, -0.1) is 0 Å². The Morgan fingerprint density at radius 1 is 1.06 bits per heavy atom. The molecule has 5 rings (SSSR count). The van der Waals surface area contributed by atoms with Crippen molar-refractivity contribution in [1.82, 2.24) is 9.78 Å². The van der Waals surface area contributed by atoms with E-state index in [0.29, 0.717) is 44.8 Å². The highest BCUT2D eigenvalue weighted by Gasteiger charge is 2.26. The van der Waals surface area contributed by atoms with Crippen LogP contribution in [0.4, 0.5) is 5.69 Å². The van der Waals surface area contributed by atoms with Crippen LogP contribution >= 0.6 is 11.6 Å². The van der Waals surface area contributed by atoms with Crippen LogP contribution < -0.4 is 14.4 Å². The Labute approximate surface area is 208 Å². The number of fused-ring (bicyclic) bond motifs is 1. The minimum Gasteiger partial charge on any atom is -0.454 e. The quantitative estimate of drug-likeness (QED) is 0.354. The number of methoxy groups -OCH3 is 1. The van der Waals surface area contributed by atoms with E-state index in [2.05, 4.69) is 5.10 Å². The molecule has 1 aliphatic heterocycles. The van der Waals surface area contributed by atoms with Crippen molar-refractivity contribution in [2.24, 2.45) is 0 Å². The lowest BCUT2D eigenvalue weighted by atomic mass is 10.1. The van der Waals surface area contributed by atoms with E-state index < -0.39 is 6.10 Å². The first-order valence-electron chi connectivity index (χ1n) is 11.1. The lowest BCUT2D eigenvalue weighted by Crippen LogP contribution is -2.26. The average Bonchev–Trinajstić information content (AvgIpc) is 3.48. The molecule has 1 aromatic heterocycles. The molecule has 0 fully saturated rings. The van der Waals surface area contributed by atoms with E-state index in [1.807, 2.05) is 55.5 Å². The van der Waals surface area contributed by atoms with E-state index in [1.54, 1.807) is 48.0 Å². The molecule has 35 heavy (non-hydrogen) atoms. The van der Waals surface area contributed by atoms with E-state index in [0.717, 1.165) is 5.56 Å². The summed E-state index contributed by atoms with van der Waals surface area (Å²) in [4.78, 5) is 14.9. The third kappa shape index (κ3) is 4.24. The monoisotopic (exact) mass is 489 g/mol. The van der Waals surface area contributed by atoms with Gasteiger partial charge in [-0.25, -0.2) is 4.68 Å². The van der Waals surface area contributed by atoms with Gasteiger partial charge in [0.15, 0.2) is 11.5 Å². The van der Waals surface area contributed by atoms with Crippen LogP contribution in [0.15, 0.2) is 72.8 Å². The Hall–Kier alpha value is -3.81. The molecule has 8 heteroatoms. The molecule has 7 nitrogen and oxygen atoms in total. The highest BCUT2D eigenvalue weighted by molar-refractivity contribution is 6.32. The predicted molar refractivity (Wildman–Crippen MR) is 134 cm³/mol. The van der Waals surface area contributed by atoms with Gasteiger partial charge in [0.2, 0.25) is 6.79 Å². The Bertz CT molecular complexity index is 1390. The normalized spacial score (nSPS) is 13.0. The van der Waals surface area contributed by atoms with E-state index in [9.17, 15) is 4.79 Å². The number of aryl methyl sites for hydroxylation is 1. The number of halogens is 1. The van der Waals surface area contributed by atoms with Crippen molar-refractivity contribution < 1.29 is 19.0 Å². The second-order valence-electron chi connectivity index (χ2n) is 8.17. The summed E-state index contributed by atoms with van der Waals surface area (Å²) in [6.45, 7) is 2.03. The van der Waals surface area contributed by atoms with Crippen LogP contribution in [-0.4, -0.2) is 36.6 Å². The first-order chi connectivity index (χ1) is 17.0. The number of rotatable bonds is 6. The molecule has 4 aromatic rings. The maximum Gasteiger partial charge on any atom is 0.258 e. The van der Waals surface area contributed by atoms with Crippen LogP contribution in [0.5, 0.6) is 11.5 Å². The van der Waals surface area contributed by atoms with Crippen molar-refractivity contribution >= 4 is 23.2 Å². The van der Waals surface area contributed by atoms with Gasteiger partial charge in [0, 0.05) is 31.5 Å². The number of hydrogen-bond donors (Lipinski definition) is 0. The molecule has 1 atom stereocenters. The number of amides is 1. The van der Waals surface area contributed by atoms with Gasteiger partial charge in [-0.1, -0.05) is 48.0 Å². The number of nitrogens with zero attached hydrogens (tertiary/aromatic N) is 3. The maximum atomic E-state index is 13.4. The molecule has 0 spiro atoms. The minimum absolute atomic E-state index is 0.173. The van der Waals surface area contributed by atoms with Crippen LogP contribution in [0, 0.1) is 6.92 Å². The molecular formula is C27H24ClN3O4. The number of anilines is 1. The van der Waals surface area contributed by atoms with Crippen molar-refractivity contribution in [3.8, 4) is 17.2 Å². The van der Waals surface area contributed by atoms with Gasteiger partial charge in [-0.3, -0.25) is 4.79 Å². The zero-order chi connectivity index (χ0) is 24.5. The summed E-state index contributed by atoms with van der Waals surface area (Å²) >= 11 is 6.71. The van der Waals surface area contributed by atoms with Gasteiger partial charge in [0.25, 0.3) is 5.91 Å². The first-order valence-corrected chi connectivity index (χ1v) is 11.5. The fraction of sp³-hybridized carbons (Fsp3) is 0.185. The second kappa shape index (κ2) is 9.44.